The zero-order valence-corrected chi connectivity index (χ0v) is 26.5. The summed E-state index contributed by atoms with van der Waals surface area (Å²) >= 11 is 0. The van der Waals surface area contributed by atoms with Crippen molar-refractivity contribution in [1.82, 2.24) is 9.80 Å². The van der Waals surface area contributed by atoms with Gasteiger partial charge in [0, 0.05) is 26.2 Å². The van der Waals surface area contributed by atoms with Gasteiger partial charge in [0.2, 0.25) is 0 Å². The number of hydrogen-bond acceptors (Lipinski definition) is 5. The van der Waals surface area contributed by atoms with Gasteiger partial charge in [-0.05, 0) is 65.9 Å². The number of amides is 2. The molecule has 3 aromatic carbocycles. The molecule has 0 spiro atoms. The van der Waals surface area contributed by atoms with Crippen molar-refractivity contribution in [2.75, 3.05) is 27.2 Å². The van der Waals surface area contributed by atoms with Crippen molar-refractivity contribution in [2.45, 2.75) is 26.0 Å². The summed E-state index contributed by atoms with van der Waals surface area (Å²) in [5.41, 5.74) is 3.23. The molecule has 2 amide bonds. The molecule has 10 heteroatoms. The minimum absolute atomic E-state index is 0.103. The van der Waals surface area contributed by atoms with E-state index in [4.69, 9.17) is 18.6 Å². The molecule has 7 nitrogen and oxygen atoms in total. The van der Waals surface area contributed by atoms with Gasteiger partial charge in [0.25, 0.3) is 0 Å². The van der Waals surface area contributed by atoms with Crippen molar-refractivity contribution in [2.24, 2.45) is 0 Å². The maximum atomic E-state index is 14.7. The quantitative estimate of drug-likeness (QED) is 0.0767. The molecule has 1 aliphatic heterocycles. The third-order valence-corrected chi connectivity index (χ3v) is 7.83. The van der Waals surface area contributed by atoms with Gasteiger partial charge in [-0.2, -0.15) is 0 Å². The first-order valence-electron chi connectivity index (χ1n) is 14.4. The second kappa shape index (κ2) is 16.8. The first-order chi connectivity index (χ1) is 21.8. The summed E-state index contributed by atoms with van der Waals surface area (Å²) in [5.74, 6) is -0.698. The number of rotatable bonds is 14. The molecule has 1 aliphatic rings. The Bertz CT molecular complexity index is 1540. The molecule has 236 valence electrons. The third-order valence-electron chi connectivity index (χ3n) is 6.85. The van der Waals surface area contributed by atoms with Crippen molar-refractivity contribution >= 4 is 20.2 Å². The molecule has 45 heavy (non-hydrogen) atoms. The van der Waals surface area contributed by atoms with Crippen LogP contribution >= 0.6 is 8.60 Å². The van der Waals surface area contributed by atoms with Crippen LogP contribution in [-0.2, 0) is 20.7 Å². The SMILES string of the molecule is C=C/C(=C\C=C/C)CCOP(OOCc1ccccc1)Oc1cccc([C@@H]2C=C(c3cc(F)ccc3F)CN2C(=O)N(C)C)c1. The highest BCUT2D eigenvalue weighted by Gasteiger charge is 2.33. The Labute approximate surface area is 264 Å². The second-order valence-electron chi connectivity index (χ2n) is 10.3. The third kappa shape index (κ3) is 9.67. The summed E-state index contributed by atoms with van der Waals surface area (Å²) in [6.45, 7) is 6.38. The first kappa shape index (κ1) is 33.7. The van der Waals surface area contributed by atoms with Gasteiger partial charge in [-0.1, -0.05) is 79.4 Å². The normalized spacial score (nSPS) is 15.7. The molecular formula is C35H37F2N2O5P. The highest BCUT2D eigenvalue weighted by Crippen LogP contribution is 2.43. The fraction of sp³-hybridized carbons (Fsp3) is 0.229. The summed E-state index contributed by atoms with van der Waals surface area (Å²) in [6.07, 6.45) is 9.92. The Balaban J connectivity index is 1.55. The summed E-state index contributed by atoms with van der Waals surface area (Å²) in [7, 11) is 1.29. The van der Waals surface area contributed by atoms with Gasteiger partial charge >= 0.3 is 14.6 Å². The minimum Gasteiger partial charge on any atom is -0.425 e. The van der Waals surface area contributed by atoms with E-state index in [0.29, 0.717) is 23.3 Å². The Morgan fingerprint density at radius 1 is 1.09 bits per heavy atom. The number of hydrogen-bond donors (Lipinski definition) is 0. The van der Waals surface area contributed by atoms with Crippen LogP contribution in [0, 0.1) is 11.6 Å². The standard InChI is InChI=1S/C35H37F2N2O5P/c1-5-7-12-26(6-2)19-20-42-45(44-41-25-27-13-9-8-10-14-27)43-31-16-11-15-28(21-31)34-22-29(24-39(34)35(40)38(3)4)32-23-30(36)17-18-33(32)37/h5-18,21-23,34H,2,19-20,24-25H2,1,3-4H3/b7-5-,26-12+/t34-,45?/m0/s1. The second-order valence-corrected chi connectivity index (χ2v) is 11.4. The fourth-order valence-electron chi connectivity index (χ4n) is 4.58. The van der Waals surface area contributed by atoms with Crippen LogP contribution in [0.4, 0.5) is 13.6 Å². The summed E-state index contributed by atoms with van der Waals surface area (Å²) in [6, 6.07) is 19.2. The van der Waals surface area contributed by atoms with Crippen molar-refractivity contribution in [3.8, 4) is 5.75 Å². The molecule has 0 saturated carbocycles. The molecule has 0 aliphatic carbocycles. The molecule has 1 unspecified atom stereocenters. The predicted octanol–water partition coefficient (Wildman–Crippen LogP) is 8.94. The molecule has 0 aromatic heterocycles. The van der Waals surface area contributed by atoms with E-state index in [2.05, 4.69) is 6.58 Å². The van der Waals surface area contributed by atoms with E-state index in [1.165, 1.54) is 4.90 Å². The average molecular weight is 635 g/mol. The molecule has 0 saturated heterocycles. The van der Waals surface area contributed by atoms with Crippen LogP contribution in [0.5, 0.6) is 5.75 Å². The molecule has 0 N–H and O–H groups in total. The number of allylic oxidation sites excluding steroid dienone is 4. The van der Waals surface area contributed by atoms with E-state index < -0.39 is 26.3 Å². The van der Waals surface area contributed by atoms with Gasteiger partial charge in [0.05, 0.1) is 12.6 Å². The number of benzene rings is 3. The van der Waals surface area contributed by atoms with E-state index in [-0.39, 0.29) is 31.4 Å². The fourth-order valence-corrected chi connectivity index (χ4v) is 5.37. The van der Waals surface area contributed by atoms with Crippen molar-refractivity contribution in [1.29, 1.82) is 0 Å². The lowest BCUT2D eigenvalue weighted by molar-refractivity contribution is -0.224. The van der Waals surface area contributed by atoms with Crippen LogP contribution in [-0.4, -0.2) is 43.1 Å². The summed E-state index contributed by atoms with van der Waals surface area (Å²) in [4.78, 5) is 21.7. The number of carbonyl (C=O) groups excluding carboxylic acids is 1. The number of halogens is 2. The maximum Gasteiger partial charge on any atom is 0.427 e. The largest absolute Gasteiger partial charge is 0.427 e. The molecule has 2 atom stereocenters. The Hall–Kier alpha value is -4.14. The molecule has 3 aromatic rings. The lowest BCUT2D eigenvalue weighted by atomic mass is 10.0. The lowest BCUT2D eigenvalue weighted by Crippen LogP contribution is -2.39. The van der Waals surface area contributed by atoms with E-state index >= 15 is 0 Å². The zero-order chi connectivity index (χ0) is 32.2. The van der Waals surface area contributed by atoms with Crippen LogP contribution < -0.4 is 4.52 Å². The number of nitrogens with zero attached hydrogens (tertiary/aromatic N) is 2. The molecular weight excluding hydrogens is 597 g/mol. The Morgan fingerprint density at radius 2 is 1.89 bits per heavy atom. The topological polar surface area (TPSA) is 60.5 Å². The number of carbonyl (C=O) groups is 1. The molecule has 0 radical (unpaired) electrons. The molecule has 0 fully saturated rings. The predicted molar refractivity (Wildman–Crippen MR) is 173 cm³/mol. The smallest absolute Gasteiger partial charge is 0.425 e. The Morgan fingerprint density at radius 3 is 2.62 bits per heavy atom. The monoisotopic (exact) mass is 634 g/mol. The lowest BCUT2D eigenvalue weighted by Gasteiger charge is -2.28. The first-order valence-corrected chi connectivity index (χ1v) is 15.5. The Kier molecular flexibility index (Phi) is 12.6. The van der Waals surface area contributed by atoms with Gasteiger partial charge in [-0.3, -0.25) is 0 Å². The number of urea groups is 1. The molecule has 0 bridgehead atoms. The van der Waals surface area contributed by atoms with Crippen molar-refractivity contribution < 1.29 is 32.2 Å². The highest BCUT2D eigenvalue weighted by atomic mass is 31.2. The van der Waals surface area contributed by atoms with Crippen LogP contribution in [0.15, 0.2) is 115 Å². The average Bonchev–Trinajstić information content (AvgIpc) is 3.49. The van der Waals surface area contributed by atoms with E-state index in [1.807, 2.05) is 61.5 Å². The zero-order valence-electron chi connectivity index (χ0n) is 25.6. The van der Waals surface area contributed by atoms with Crippen LogP contribution in [0.3, 0.4) is 0 Å². The van der Waals surface area contributed by atoms with Gasteiger partial charge in [0.15, 0.2) is 0 Å². The van der Waals surface area contributed by atoms with E-state index in [0.717, 1.165) is 29.3 Å². The summed E-state index contributed by atoms with van der Waals surface area (Å²) in [5, 5.41) is 0. The molecule has 4 rings (SSSR count). The summed E-state index contributed by atoms with van der Waals surface area (Å²) < 4.78 is 46.4. The van der Waals surface area contributed by atoms with Gasteiger partial charge in [-0.25, -0.2) is 18.5 Å². The van der Waals surface area contributed by atoms with Crippen LogP contribution in [0.25, 0.3) is 5.57 Å². The maximum absolute atomic E-state index is 14.7. The highest BCUT2D eigenvalue weighted by molar-refractivity contribution is 7.42. The van der Waals surface area contributed by atoms with Crippen LogP contribution in [0.1, 0.15) is 36.1 Å². The van der Waals surface area contributed by atoms with Crippen molar-refractivity contribution in [3.63, 3.8) is 0 Å². The van der Waals surface area contributed by atoms with Crippen molar-refractivity contribution in [3.05, 3.63) is 144 Å². The van der Waals surface area contributed by atoms with Gasteiger partial charge in [-0.15, -0.1) is 4.67 Å². The van der Waals surface area contributed by atoms with Gasteiger partial charge < -0.3 is 18.8 Å². The van der Waals surface area contributed by atoms with Gasteiger partial charge in [0.1, 0.15) is 24.0 Å². The molecule has 1 heterocycles. The van der Waals surface area contributed by atoms with E-state index in [9.17, 15) is 13.6 Å². The minimum atomic E-state index is -1.99. The van der Waals surface area contributed by atoms with Crippen LogP contribution in [0.2, 0.25) is 0 Å². The van der Waals surface area contributed by atoms with E-state index in [1.54, 1.807) is 49.3 Å².